The fourth-order valence-electron chi connectivity index (χ4n) is 4.51. The molecule has 0 bridgehead atoms. The van der Waals surface area contributed by atoms with Gasteiger partial charge in [-0.05, 0) is 151 Å². The second-order valence-electron chi connectivity index (χ2n) is 13.6. The van der Waals surface area contributed by atoms with E-state index in [2.05, 4.69) is 0 Å². The molecule has 0 saturated carbocycles. The molecule has 0 radical (unpaired) electrons. The number of halogens is 1. The first-order valence-corrected chi connectivity index (χ1v) is 17.6. The van der Waals surface area contributed by atoms with Gasteiger partial charge in [0, 0.05) is 14.7 Å². The molecule has 0 unspecified atom stereocenters. The average molecular weight is 655 g/mol. The Balaban J connectivity index is 2.09. The van der Waals surface area contributed by atoms with Crippen LogP contribution in [0.1, 0.15) is 62.3 Å². The number of hydrogen-bond donors (Lipinski definition) is 0. The van der Waals surface area contributed by atoms with E-state index in [0.29, 0.717) is 31.9 Å². The minimum absolute atomic E-state index is 0.174. The molecule has 0 saturated heterocycles. The highest BCUT2D eigenvalue weighted by atomic mass is 32.3. The molecule has 9 heteroatoms. The van der Waals surface area contributed by atoms with Crippen LogP contribution in [-0.2, 0) is 13.7 Å². The lowest BCUT2D eigenvalue weighted by Crippen LogP contribution is -2.23. The van der Waals surface area contributed by atoms with Crippen molar-refractivity contribution in [1.29, 1.82) is 0 Å². The molecule has 0 aliphatic rings. The largest absolute Gasteiger partial charge is 0.488 e. The molecule has 0 N–H and O–H groups in total. The van der Waals surface area contributed by atoms with Gasteiger partial charge in [-0.25, -0.2) is 8.02 Å². The third kappa shape index (κ3) is 9.02. The van der Waals surface area contributed by atoms with E-state index in [0.717, 1.165) is 12.1 Å². The Morgan fingerprint density at radius 3 is 1.13 bits per heavy atom. The van der Waals surface area contributed by atoms with Crippen LogP contribution in [0, 0.1) is 5.82 Å². The van der Waals surface area contributed by atoms with Crippen LogP contribution < -0.4 is 14.2 Å². The van der Waals surface area contributed by atoms with Crippen molar-refractivity contribution in [3.8, 4) is 17.2 Å². The van der Waals surface area contributed by atoms with E-state index in [9.17, 15) is 12.8 Å². The molecule has 4 rings (SSSR count). The smallest absolute Gasteiger partial charge is 0.307 e. The molecule has 0 heterocycles. The number of ether oxygens (including phenoxy) is 3. The van der Waals surface area contributed by atoms with Gasteiger partial charge in [-0.1, -0.05) is 18.2 Å². The Morgan fingerprint density at radius 2 is 0.822 bits per heavy atom. The summed E-state index contributed by atoms with van der Waals surface area (Å²) in [6.07, 6.45) is 0. The molecule has 0 fully saturated rings. The fraction of sp³-hybridized carbons (Fsp3) is 0.333. The van der Waals surface area contributed by atoms with Crippen molar-refractivity contribution >= 4 is 20.4 Å². The Morgan fingerprint density at radius 1 is 0.489 bits per heavy atom. The molecule has 242 valence electrons. The second kappa shape index (κ2) is 12.7. The van der Waals surface area contributed by atoms with Crippen molar-refractivity contribution in [2.45, 2.75) is 98.7 Å². The summed E-state index contributed by atoms with van der Waals surface area (Å²) in [6.45, 7) is 17.5. The van der Waals surface area contributed by atoms with E-state index in [4.69, 9.17) is 17.8 Å². The van der Waals surface area contributed by atoms with Gasteiger partial charge in [0.25, 0.3) is 0 Å². The first-order valence-electron chi connectivity index (χ1n) is 14.7. The fourth-order valence-corrected chi connectivity index (χ4v) is 9.79. The van der Waals surface area contributed by atoms with Gasteiger partial charge < -0.3 is 14.2 Å². The van der Waals surface area contributed by atoms with Crippen molar-refractivity contribution in [2.24, 2.45) is 0 Å². The van der Waals surface area contributed by atoms with Gasteiger partial charge in [-0.3, -0.25) is 0 Å². The minimum atomic E-state index is -4.48. The Bertz CT molecular complexity index is 1590. The van der Waals surface area contributed by atoms with Crippen LogP contribution in [0.4, 0.5) is 4.39 Å². The molecule has 6 nitrogen and oxygen atoms in total. The molecule has 0 amide bonds. The van der Waals surface area contributed by atoms with Crippen molar-refractivity contribution in [3.05, 3.63) is 103 Å². The summed E-state index contributed by atoms with van der Waals surface area (Å²) in [5.41, 5.74) is -1.55. The van der Waals surface area contributed by atoms with Crippen LogP contribution in [0.25, 0.3) is 0 Å². The summed E-state index contributed by atoms with van der Waals surface area (Å²) in [6, 6.07) is 26.5. The zero-order valence-corrected chi connectivity index (χ0v) is 29.0. The normalized spacial score (nSPS) is 13.3. The third-order valence-electron chi connectivity index (χ3n) is 5.98. The van der Waals surface area contributed by atoms with Crippen molar-refractivity contribution in [1.82, 2.24) is 0 Å². The second-order valence-corrected chi connectivity index (χ2v) is 18.1. The summed E-state index contributed by atoms with van der Waals surface area (Å²) in [5, 5.41) is 0. The van der Waals surface area contributed by atoms with Gasteiger partial charge in [0.2, 0.25) is 0 Å². The molecule has 0 atom stereocenters. The maximum Gasteiger partial charge on any atom is 0.307 e. The first kappa shape index (κ1) is 34.3. The number of rotatable bonds is 9. The Kier molecular flexibility index (Phi) is 9.69. The summed E-state index contributed by atoms with van der Waals surface area (Å²) < 4.78 is 67.5. The van der Waals surface area contributed by atoms with Crippen LogP contribution >= 0.6 is 10.3 Å². The van der Waals surface area contributed by atoms with Crippen LogP contribution in [0.5, 0.6) is 17.2 Å². The van der Waals surface area contributed by atoms with Crippen LogP contribution in [0.3, 0.4) is 0 Å². The third-order valence-corrected chi connectivity index (χ3v) is 11.1. The van der Waals surface area contributed by atoms with Gasteiger partial charge in [-0.15, -0.1) is 0 Å². The van der Waals surface area contributed by atoms with Gasteiger partial charge >= 0.3 is 10.1 Å². The lowest BCUT2D eigenvalue weighted by atomic mass is 10.2. The summed E-state index contributed by atoms with van der Waals surface area (Å²) in [5.74, 6) is 1.08. The zero-order valence-electron chi connectivity index (χ0n) is 27.4. The van der Waals surface area contributed by atoms with Gasteiger partial charge in [0.15, 0.2) is 0 Å². The van der Waals surface area contributed by atoms with E-state index in [1.807, 2.05) is 135 Å². The number of hydrogen-bond acceptors (Lipinski definition) is 6. The highest BCUT2D eigenvalue weighted by molar-refractivity contribution is 8.33. The first-order chi connectivity index (χ1) is 20.8. The predicted octanol–water partition coefficient (Wildman–Crippen LogP) is 9.96. The summed E-state index contributed by atoms with van der Waals surface area (Å²) in [4.78, 5) is 1.52. The van der Waals surface area contributed by atoms with Gasteiger partial charge in [0.1, 0.15) is 39.9 Å². The highest BCUT2D eigenvalue weighted by Gasteiger charge is 2.40. The molecule has 4 aromatic carbocycles. The SMILES string of the molecule is CC(C)(C)Oc1cccc(S(OS(=O)(=O)c2ccc(F)cc2)(c2cccc(OC(C)(C)C)c2)c2cccc(OC(C)(C)C)c2)c1. The highest BCUT2D eigenvalue weighted by Crippen LogP contribution is 2.71. The van der Waals surface area contributed by atoms with Crippen LogP contribution in [-0.4, -0.2) is 25.2 Å². The zero-order chi connectivity index (χ0) is 33.3. The average Bonchev–Trinajstić information content (AvgIpc) is 2.89. The molecule has 45 heavy (non-hydrogen) atoms. The monoisotopic (exact) mass is 654 g/mol. The van der Waals surface area contributed by atoms with E-state index in [1.165, 1.54) is 12.1 Å². The van der Waals surface area contributed by atoms with Gasteiger partial charge in [0.05, 0.1) is 4.90 Å². The van der Waals surface area contributed by atoms with Crippen molar-refractivity contribution in [2.75, 3.05) is 0 Å². The maximum atomic E-state index is 14.2. The predicted molar refractivity (Wildman–Crippen MR) is 178 cm³/mol. The van der Waals surface area contributed by atoms with Gasteiger partial charge in [-0.2, -0.15) is 8.42 Å². The Hall–Kier alpha value is -3.53. The van der Waals surface area contributed by atoms with Crippen LogP contribution in [0.15, 0.2) is 117 Å². The lowest BCUT2D eigenvalue weighted by molar-refractivity contribution is 0.130. The number of benzene rings is 4. The molecular formula is C36H43FO6S2. The molecule has 0 spiro atoms. The standard InChI is InChI=1S/C36H43FO6S2/c1-34(2,3)40-27-13-10-16-31(23-27)44(32-17-11-14-28(24-32)41-35(4,5)6,33-18-12-15-29(25-33)42-36(7,8)9)43-45(38,39)30-21-19-26(37)20-22-30/h10-25H,1-9H3. The minimum Gasteiger partial charge on any atom is -0.488 e. The van der Waals surface area contributed by atoms with E-state index >= 15 is 0 Å². The van der Waals surface area contributed by atoms with Crippen LogP contribution in [0.2, 0.25) is 0 Å². The Labute approximate surface area is 269 Å². The van der Waals surface area contributed by atoms with E-state index in [-0.39, 0.29) is 4.90 Å². The molecule has 0 aromatic heterocycles. The van der Waals surface area contributed by atoms with Crippen molar-refractivity contribution < 1.29 is 30.6 Å². The topological polar surface area (TPSA) is 71.1 Å². The summed E-state index contributed by atoms with van der Waals surface area (Å²) in [7, 11) is -7.58. The molecule has 0 aliphatic carbocycles. The summed E-state index contributed by atoms with van der Waals surface area (Å²) >= 11 is 0. The molecule has 4 aromatic rings. The van der Waals surface area contributed by atoms with E-state index < -0.39 is 43.0 Å². The van der Waals surface area contributed by atoms with E-state index in [1.54, 1.807) is 0 Å². The maximum absolute atomic E-state index is 14.2. The van der Waals surface area contributed by atoms with Crippen molar-refractivity contribution in [3.63, 3.8) is 0 Å². The molecular weight excluding hydrogens is 612 g/mol. The quantitative estimate of drug-likeness (QED) is 0.179. The lowest BCUT2D eigenvalue weighted by Gasteiger charge is -2.40. The molecule has 0 aliphatic heterocycles.